The second-order valence-electron chi connectivity index (χ2n) is 7.56. The van der Waals surface area contributed by atoms with E-state index >= 15 is 0 Å². The first-order chi connectivity index (χ1) is 13.9. The third-order valence-electron chi connectivity index (χ3n) is 4.95. The summed E-state index contributed by atoms with van der Waals surface area (Å²) < 4.78 is 10.5. The molecule has 0 aliphatic carbocycles. The number of ether oxygens (including phenoxy) is 2. The summed E-state index contributed by atoms with van der Waals surface area (Å²) in [5, 5.41) is 0. The van der Waals surface area contributed by atoms with Gasteiger partial charge in [-0.1, -0.05) is 24.3 Å². The van der Waals surface area contributed by atoms with E-state index in [1.54, 1.807) is 17.0 Å². The summed E-state index contributed by atoms with van der Waals surface area (Å²) in [6, 6.07) is 15.0. The van der Waals surface area contributed by atoms with E-state index in [1.165, 1.54) is 7.11 Å². The first-order valence-electron chi connectivity index (χ1n) is 9.83. The lowest BCUT2D eigenvalue weighted by Gasteiger charge is -2.38. The highest BCUT2D eigenvalue weighted by Gasteiger charge is 2.30. The lowest BCUT2D eigenvalue weighted by atomic mass is 10.1. The summed E-state index contributed by atoms with van der Waals surface area (Å²) >= 11 is 0. The van der Waals surface area contributed by atoms with Crippen LogP contribution in [0, 0.1) is 6.92 Å². The van der Waals surface area contributed by atoms with Gasteiger partial charge < -0.3 is 14.4 Å². The minimum absolute atomic E-state index is 0.00130. The van der Waals surface area contributed by atoms with Gasteiger partial charge >= 0.3 is 12.0 Å². The molecule has 2 unspecified atom stereocenters. The molecule has 29 heavy (non-hydrogen) atoms. The van der Waals surface area contributed by atoms with Gasteiger partial charge in [-0.15, -0.1) is 0 Å². The van der Waals surface area contributed by atoms with Crippen molar-refractivity contribution in [1.82, 2.24) is 4.90 Å². The number of hydrogen-bond acceptors (Lipinski definition) is 4. The van der Waals surface area contributed by atoms with E-state index in [1.807, 2.05) is 62.1 Å². The van der Waals surface area contributed by atoms with Gasteiger partial charge in [-0.2, -0.15) is 0 Å². The van der Waals surface area contributed by atoms with Crippen molar-refractivity contribution in [2.75, 3.05) is 25.1 Å². The highest BCUT2D eigenvalue weighted by molar-refractivity contribution is 5.92. The van der Waals surface area contributed by atoms with Gasteiger partial charge in [-0.05, 0) is 56.2 Å². The summed E-state index contributed by atoms with van der Waals surface area (Å²) in [7, 11) is 1.36. The summed E-state index contributed by atoms with van der Waals surface area (Å²) in [6.45, 7) is 7.51. The van der Waals surface area contributed by atoms with Crippen LogP contribution in [0.5, 0.6) is 0 Å². The Labute approximate surface area is 172 Å². The Balaban J connectivity index is 1.87. The Bertz CT molecular complexity index is 855. The van der Waals surface area contributed by atoms with Crippen molar-refractivity contribution < 1.29 is 19.1 Å². The molecule has 6 heteroatoms. The molecule has 2 atom stereocenters. The molecule has 1 heterocycles. The first-order valence-corrected chi connectivity index (χ1v) is 9.83. The van der Waals surface area contributed by atoms with Gasteiger partial charge in [-0.25, -0.2) is 9.59 Å². The Morgan fingerprint density at radius 1 is 1.10 bits per heavy atom. The molecule has 0 bridgehead atoms. The molecule has 0 N–H and O–H groups in total. The molecule has 1 saturated heterocycles. The van der Waals surface area contributed by atoms with Crippen molar-refractivity contribution in [2.24, 2.45) is 0 Å². The average Bonchev–Trinajstić information content (AvgIpc) is 2.70. The number of hydrogen-bond donors (Lipinski definition) is 0. The average molecular weight is 396 g/mol. The van der Waals surface area contributed by atoms with Gasteiger partial charge in [0.1, 0.15) is 0 Å². The SMILES string of the molecule is COC(=O)c1ccc(CN(C(=O)N2CC(C)OC(C)C2)c2cccc(C)c2)cc1. The number of carbonyl (C=O) groups excluding carboxylic acids is 2. The van der Waals surface area contributed by atoms with Crippen molar-refractivity contribution in [3.05, 3.63) is 65.2 Å². The number of carbonyl (C=O) groups is 2. The quantitative estimate of drug-likeness (QED) is 0.733. The first kappa shape index (κ1) is 20.9. The molecule has 154 valence electrons. The van der Waals surface area contributed by atoms with Gasteiger partial charge in [0.2, 0.25) is 0 Å². The molecular weight excluding hydrogens is 368 g/mol. The van der Waals surface area contributed by atoms with Crippen LogP contribution < -0.4 is 4.90 Å². The number of nitrogens with zero attached hydrogens (tertiary/aromatic N) is 2. The summed E-state index contributed by atoms with van der Waals surface area (Å²) in [4.78, 5) is 28.8. The molecule has 0 spiro atoms. The Morgan fingerprint density at radius 2 is 1.76 bits per heavy atom. The van der Waals surface area contributed by atoms with Gasteiger partial charge in [0, 0.05) is 18.8 Å². The van der Waals surface area contributed by atoms with E-state index in [0.717, 1.165) is 16.8 Å². The number of esters is 1. The summed E-state index contributed by atoms with van der Waals surface area (Å²) in [5.41, 5.74) is 3.35. The van der Waals surface area contributed by atoms with Crippen LogP contribution in [0.25, 0.3) is 0 Å². The van der Waals surface area contributed by atoms with E-state index in [9.17, 15) is 9.59 Å². The van der Waals surface area contributed by atoms with Crippen LogP contribution in [0.3, 0.4) is 0 Å². The van der Waals surface area contributed by atoms with Crippen LogP contribution >= 0.6 is 0 Å². The smallest absolute Gasteiger partial charge is 0.337 e. The maximum absolute atomic E-state index is 13.4. The topological polar surface area (TPSA) is 59.1 Å². The number of rotatable bonds is 4. The number of urea groups is 1. The monoisotopic (exact) mass is 396 g/mol. The van der Waals surface area contributed by atoms with Crippen LogP contribution in [-0.4, -0.2) is 49.3 Å². The lowest BCUT2D eigenvalue weighted by Crippen LogP contribution is -2.52. The predicted molar refractivity (Wildman–Crippen MR) is 112 cm³/mol. The minimum atomic E-state index is -0.376. The second-order valence-corrected chi connectivity index (χ2v) is 7.56. The van der Waals surface area contributed by atoms with Crippen LogP contribution in [0.2, 0.25) is 0 Å². The van der Waals surface area contributed by atoms with Crippen LogP contribution in [-0.2, 0) is 16.0 Å². The fourth-order valence-electron chi connectivity index (χ4n) is 3.62. The van der Waals surface area contributed by atoms with Gasteiger partial charge in [0.15, 0.2) is 0 Å². The molecule has 6 nitrogen and oxygen atoms in total. The van der Waals surface area contributed by atoms with E-state index < -0.39 is 0 Å². The molecular formula is C23H28N2O4. The molecule has 1 aliphatic rings. The number of amides is 2. The summed E-state index contributed by atoms with van der Waals surface area (Å²) in [6.07, 6.45) is 0.00259. The fourth-order valence-corrected chi connectivity index (χ4v) is 3.62. The number of methoxy groups -OCH3 is 1. The molecule has 2 amide bonds. The molecule has 2 aromatic rings. The molecule has 1 aliphatic heterocycles. The van der Waals surface area contributed by atoms with E-state index in [-0.39, 0.29) is 24.2 Å². The summed E-state index contributed by atoms with van der Waals surface area (Å²) in [5.74, 6) is -0.376. The minimum Gasteiger partial charge on any atom is -0.465 e. The zero-order valence-electron chi connectivity index (χ0n) is 17.4. The third kappa shape index (κ3) is 5.15. The van der Waals surface area contributed by atoms with Gasteiger partial charge in [-0.3, -0.25) is 4.90 Å². The maximum Gasteiger partial charge on any atom is 0.337 e. The Morgan fingerprint density at radius 3 is 2.34 bits per heavy atom. The number of anilines is 1. The van der Waals surface area contributed by atoms with Crippen LogP contribution in [0.4, 0.5) is 10.5 Å². The van der Waals surface area contributed by atoms with Crippen molar-refractivity contribution in [2.45, 2.75) is 39.5 Å². The zero-order valence-corrected chi connectivity index (χ0v) is 17.4. The fraction of sp³-hybridized carbons (Fsp3) is 0.391. The standard InChI is InChI=1S/C23H28N2O4/c1-16-6-5-7-21(12-16)25(23(27)24-13-17(2)29-18(3)14-24)15-19-8-10-20(11-9-19)22(26)28-4/h5-12,17-18H,13-15H2,1-4H3. The van der Waals surface area contributed by atoms with Crippen LogP contribution in [0.15, 0.2) is 48.5 Å². The Hall–Kier alpha value is -2.86. The third-order valence-corrected chi connectivity index (χ3v) is 4.95. The molecule has 1 fully saturated rings. The maximum atomic E-state index is 13.4. The van der Waals surface area contributed by atoms with Gasteiger partial charge in [0.25, 0.3) is 0 Å². The van der Waals surface area contributed by atoms with Crippen molar-refractivity contribution >= 4 is 17.7 Å². The van der Waals surface area contributed by atoms with Crippen molar-refractivity contribution in [1.29, 1.82) is 0 Å². The molecule has 3 rings (SSSR count). The van der Waals surface area contributed by atoms with Gasteiger partial charge in [0.05, 0.1) is 31.4 Å². The molecule has 0 aromatic heterocycles. The zero-order chi connectivity index (χ0) is 21.0. The van der Waals surface area contributed by atoms with E-state index in [2.05, 4.69) is 0 Å². The highest BCUT2D eigenvalue weighted by atomic mass is 16.5. The van der Waals surface area contributed by atoms with E-state index in [0.29, 0.717) is 25.2 Å². The van der Waals surface area contributed by atoms with E-state index in [4.69, 9.17) is 9.47 Å². The van der Waals surface area contributed by atoms with Crippen LogP contribution in [0.1, 0.15) is 35.3 Å². The highest BCUT2D eigenvalue weighted by Crippen LogP contribution is 2.23. The largest absolute Gasteiger partial charge is 0.465 e. The van der Waals surface area contributed by atoms with Crippen molar-refractivity contribution in [3.8, 4) is 0 Å². The molecule has 0 radical (unpaired) electrons. The lowest BCUT2D eigenvalue weighted by molar-refractivity contribution is -0.0537. The molecule has 2 aromatic carbocycles. The normalized spacial score (nSPS) is 19.0. The predicted octanol–water partition coefficient (Wildman–Crippen LogP) is 4.02. The van der Waals surface area contributed by atoms with Crippen molar-refractivity contribution in [3.63, 3.8) is 0 Å². The second kappa shape index (κ2) is 9.09. The Kier molecular flexibility index (Phi) is 6.54. The molecule has 0 saturated carbocycles. The number of aryl methyl sites for hydroxylation is 1. The number of morpholine rings is 1. The number of benzene rings is 2.